The molecule has 104 valence electrons. The average molecular weight is 267 g/mol. The lowest BCUT2D eigenvalue weighted by Crippen LogP contribution is -2.53. The maximum atomic E-state index is 12.2. The predicted octanol–water partition coefficient (Wildman–Crippen LogP) is -0.188. The van der Waals surface area contributed by atoms with E-state index in [-0.39, 0.29) is 19.1 Å². The Bertz CT molecular complexity index is 497. The molecular weight excluding hydrogens is 250 g/mol. The van der Waals surface area contributed by atoms with Crippen LogP contribution < -0.4 is 0 Å². The van der Waals surface area contributed by atoms with Gasteiger partial charge in [-0.15, -0.1) is 0 Å². The minimum absolute atomic E-state index is 0.0399. The zero-order valence-corrected chi connectivity index (χ0v) is 11.0. The summed E-state index contributed by atoms with van der Waals surface area (Å²) in [6, 6.07) is 0.972. The monoisotopic (exact) mass is 267 g/mol. The van der Waals surface area contributed by atoms with Crippen LogP contribution in [0.5, 0.6) is 0 Å². The summed E-state index contributed by atoms with van der Waals surface area (Å²) in [5.41, 5.74) is 1.72. The molecule has 1 aromatic heterocycles. The maximum Gasteiger partial charge on any atom is 0.328 e. The number of rotatable bonds is 3. The van der Waals surface area contributed by atoms with Crippen LogP contribution in [0, 0.1) is 13.8 Å². The van der Waals surface area contributed by atoms with Crippen molar-refractivity contribution in [1.82, 2.24) is 14.7 Å². The number of aromatic nitrogens is 2. The van der Waals surface area contributed by atoms with Gasteiger partial charge in [-0.1, -0.05) is 0 Å². The molecule has 1 atom stereocenters. The molecule has 0 bridgehead atoms. The van der Waals surface area contributed by atoms with E-state index in [9.17, 15) is 9.59 Å². The minimum Gasteiger partial charge on any atom is -0.480 e. The van der Waals surface area contributed by atoms with Gasteiger partial charge < -0.3 is 14.7 Å². The summed E-state index contributed by atoms with van der Waals surface area (Å²) < 4.78 is 6.69. The second-order valence-corrected chi connectivity index (χ2v) is 4.60. The molecule has 1 aliphatic rings. The molecule has 2 heterocycles. The molecule has 0 unspecified atom stereocenters. The molecule has 0 spiro atoms. The number of hydrogen-bond donors (Lipinski definition) is 1. The highest BCUT2D eigenvalue weighted by Gasteiger charge is 2.32. The zero-order chi connectivity index (χ0) is 14.0. The maximum absolute atomic E-state index is 12.2. The van der Waals surface area contributed by atoms with Gasteiger partial charge in [-0.2, -0.15) is 5.10 Å². The van der Waals surface area contributed by atoms with E-state index in [1.54, 1.807) is 4.68 Å². The fourth-order valence-corrected chi connectivity index (χ4v) is 2.16. The second-order valence-electron chi connectivity index (χ2n) is 4.60. The van der Waals surface area contributed by atoms with Crippen LogP contribution in [-0.4, -0.2) is 57.5 Å². The van der Waals surface area contributed by atoms with Crippen LogP contribution >= 0.6 is 0 Å². The number of hydrogen-bond acceptors (Lipinski definition) is 4. The Morgan fingerprint density at radius 2 is 2.26 bits per heavy atom. The molecule has 1 aliphatic heterocycles. The zero-order valence-electron chi connectivity index (χ0n) is 11.0. The molecule has 1 amide bonds. The van der Waals surface area contributed by atoms with Crippen molar-refractivity contribution in [2.24, 2.45) is 0 Å². The largest absolute Gasteiger partial charge is 0.480 e. The Labute approximate surface area is 110 Å². The number of amides is 1. The van der Waals surface area contributed by atoms with Crippen LogP contribution in [0.4, 0.5) is 0 Å². The van der Waals surface area contributed by atoms with Crippen molar-refractivity contribution >= 4 is 11.9 Å². The molecule has 2 rings (SSSR count). The van der Waals surface area contributed by atoms with Gasteiger partial charge in [0.2, 0.25) is 5.91 Å². The summed E-state index contributed by atoms with van der Waals surface area (Å²) in [6.45, 7) is 4.48. The number of carboxylic acid groups (broad SMARTS) is 1. The molecule has 1 saturated heterocycles. The van der Waals surface area contributed by atoms with Gasteiger partial charge in [-0.25, -0.2) is 4.79 Å². The number of carbonyl (C=O) groups excluding carboxylic acids is 1. The predicted molar refractivity (Wildman–Crippen MR) is 65.7 cm³/mol. The first-order chi connectivity index (χ1) is 8.99. The molecule has 1 N–H and O–H groups in total. The fourth-order valence-electron chi connectivity index (χ4n) is 2.16. The third kappa shape index (κ3) is 2.93. The topological polar surface area (TPSA) is 84.7 Å². The Morgan fingerprint density at radius 3 is 2.84 bits per heavy atom. The molecule has 0 aromatic carbocycles. The fraction of sp³-hybridized carbons (Fsp3) is 0.583. The summed E-state index contributed by atoms with van der Waals surface area (Å²) in [5, 5.41) is 13.3. The molecular formula is C12H17N3O4. The number of ether oxygens (including phenoxy) is 1. The third-order valence-corrected chi connectivity index (χ3v) is 3.12. The van der Waals surface area contributed by atoms with E-state index < -0.39 is 12.0 Å². The van der Waals surface area contributed by atoms with Gasteiger partial charge in [0.05, 0.1) is 18.9 Å². The first kappa shape index (κ1) is 13.5. The highest BCUT2D eigenvalue weighted by molar-refractivity contribution is 5.83. The third-order valence-electron chi connectivity index (χ3n) is 3.12. The highest BCUT2D eigenvalue weighted by atomic mass is 16.5. The van der Waals surface area contributed by atoms with E-state index >= 15 is 0 Å². The molecule has 0 aliphatic carbocycles. The summed E-state index contributed by atoms with van der Waals surface area (Å²) >= 11 is 0. The smallest absolute Gasteiger partial charge is 0.328 e. The van der Waals surface area contributed by atoms with Gasteiger partial charge in [0.1, 0.15) is 6.54 Å². The van der Waals surface area contributed by atoms with E-state index in [0.29, 0.717) is 13.2 Å². The normalized spacial score (nSPS) is 19.5. The quantitative estimate of drug-likeness (QED) is 0.820. The number of aliphatic carboxylic acids is 1. The van der Waals surface area contributed by atoms with Crippen molar-refractivity contribution in [3.8, 4) is 0 Å². The van der Waals surface area contributed by atoms with Crippen molar-refractivity contribution in [3.63, 3.8) is 0 Å². The van der Waals surface area contributed by atoms with Crippen molar-refractivity contribution in [2.75, 3.05) is 19.8 Å². The second kappa shape index (κ2) is 5.40. The Morgan fingerprint density at radius 1 is 1.53 bits per heavy atom. The molecule has 0 saturated carbocycles. The molecule has 1 fully saturated rings. The number of carbonyl (C=O) groups is 2. The lowest BCUT2D eigenvalue weighted by atomic mass is 10.2. The summed E-state index contributed by atoms with van der Waals surface area (Å²) in [5.74, 6) is -1.29. The van der Waals surface area contributed by atoms with Crippen LogP contribution in [0.3, 0.4) is 0 Å². The van der Waals surface area contributed by atoms with Crippen LogP contribution in [0.25, 0.3) is 0 Å². The number of carboxylic acids is 1. The average Bonchev–Trinajstić information content (AvgIpc) is 2.67. The Balaban J connectivity index is 2.09. The van der Waals surface area contributed by atoms with Crippen LogP contribution in [0.1, 0.15) is 11.4 Å². The Hall–Kier alpha value is -1.89. The van der Waals surface area contributed by atoms with E-state index in [2.05, 4.69) is 5.10 Å². The molecule has 0 radical (unpaired) electrons. The van der Waals surface area contributed by atoms with E-state index in [1.807, 2.05) is 19.9 Å². The van der Waals surface area contributed by atoms with Crippen LogP contribution in [0.2, 0.25) is 0 Å². The Kier molecular flexibility index (Phi) is 3.84. The van der Waals surface area contributed by atoms with Gasteiger partial charge in [0.25, 0.3) is 0 Å². The van der Waals surface area contributed by atoms with Crippen LogP contribution in [-0.2, 0) is 20.9 Å². The van der Waals surface area contributed by atoms with Gasteiger partial charge >= 0.3 is 5.97 Å². The molecule has 7 nitrogen and oxygen atoms in total. The van der Waals surface area contributed by atoms with Gasteiger partial charge in [-0.3, -0.25) is 9.48 Å². The van der Waals surface area contributed by atoms with Gasteiger partial charge in [0, 0.05) is 12.2 Å². The highest BCUT2D eigenvalue weighted by Crippen LogP contribution is 2.10. The van der Waals surface area contributed by atoms with E-state index in [4.69, 9.17) is 9.84 Å². The molecule has 19 heavy (non-hydrogen) atoms. The van der Waals surface area contributed by atoms with Gasteiger partial charge in [-0.05, 0) is 19.9 Å². The van der Waals surface area contributed by atoms with Crippen molar-refractivity contribution in [3.05, 3.63) is 17.5 Å². The number of morpholine rings is 1. The van der Waals surface area contributed by atoms with E-state index in [0.717, 1.165) is 11.4 Å². The standard InChI is InChI=1S/C12H17N3O4/c1-8-5-9(2)15(13-8)6-11(16)14-3-4-19-7-10(14)12(17)18/h5,10H,3-4,6-7H2,1-2H3,(H,17,18)/t10-/m0/s1. The van der Waals surface area contributed by atoms with Crippen molar-refractivity contribution in [1.29, 1.82) is 0 Å². The lowest BCUT2D eigenvalue weighted by molar-refractivity contribution is -0.158. The van der Waals surface area contributed by atoms with Crippen molar-refractivity contribution in [2.45, 2.75) is 26.4 Å². The number of aryl methyl sites for hydroxylation is 2. The lowest BCUT2D eigenvalue weighted by Gasteiger charge is -2.32. The summed E-state index contributed by atoms with van der Waals surface area (Å²) in [6.07, 6.45) is 0. The van der Waals surface area contributed by atoms with Crippen LogP contribution in [0.15, 0.2) is 6.07 Å². The summed E-state index contributed by atoms with van der Waals surface area (Å²) in [4.78, 5) is 24.6. The SMILES string of the molecule is Cc1cc(C)n(CC(=O)N2CCOC[C@H]2C(=O)O)n1. The minimum atomic E-state index is -1.04. The first-order valence-corrected chi connectivity index (χ1v) is 6.10. The van der Waals surface area contributed by atoms with Crippen molar-refractivity contribution < 1.29 is 19.4 Å². The van der Waals surface area contributed by atoms with Gasteiger partial charge in [0.15, 0.2) is 6.04 Å². The molecule has 7 heteroatoms. The van der Waals surface area contributed by atoms with E-state index in [1.165, 1.54) is 4.90 Å². The summed E-state index contributed by atoms with van der Waals surface area (Å²) in [7, 11) is 0. The first-order valence-electron chi connectivity index (χ1n) is 6.10. The number of nitrogens with zero attached hydrogens (tertiary/aromatic N) is 3. The molecule has 1 aromatic rings.